The molecule has 0 nitrogen and oxygen atoms in total. The number of benzene rings is 3. The van der Waals surface area contributed by atoms with E-state index in [1.165, 1.54) is 16.3 Å². The molecular weight excluding hydrogens is 367 g/mol. The molecule has 0 amide bonds. The molecule has 3 rings (SSSR count). The standard InChI is InChI=1S/C18H13BrCl2/c19-17(16-11-15(20)7-8-18(16)21)10-12-5-6-13-3-1-2-4-14(13)9-12/h1-9,11,17H,10H2. The van der Waals surface area contributed by atoms with Crippen LogP contribution in [0.1, 0.15) is 16.0 Å². The Morgan fingerprint density at radius 3 is 2.43 bits per heavy atom. The van der Waals surface area contributed by atoms with Gasteiger partial charge in [0, 0.05) is 14.9 Å². The van der Waals surface area contributed by atoms with E-state index in [1.54, 1.807) is 0 Å². The van der Waals surface area contributed by atoms with Crippen LogP contribution in [0.2, 0.25) is 10.0 Å². The maximum atomic E-state index is 6.26. The average Bonchev–Trinajstić information content (AvgIpc) is 2.49. The smallest absolute Gasteiger partial charge is 0.0450 e. The fourth-order valence-corrected chi connectivity index (χ4v) is 3.75. The van der Waals surface area contributed by atoms with Crippen molar-refractivity contribution in [2.24, 2.45) is 0 Å². The van der Waals surface area contributed by atoms with Crippen molar-refractivity contribution in [3.05, 3.63) is 81.8 Å². The van der Waals surface area contributed by atoms with E-state index in [2.05, 4.69) is 58.4 Å². The van der Waals surface area contributed by atoms with E-state index < -0.39 is 0 Å². The maximum absolute atomic E-state index is 6.26. The van der Waals surface area contributed by atoms with Gasteiger partial charge in [0.05, 0.1) is 0 Å². The molecule has 0 aliphatic rings. The Morgan fingerprint density at radius 1 is 0.857 bits per heavy atom. The molecule has 0 radical (unpaired) electrons. The lowest BCUT2D eigenvalue weighted by atomic mass is 10.0. The van der Waals surface area contributed by atoms with Crippen LogP contribution >= 0.6 is 39.1 Å². The van der Waals surface area contributed by atoms with Gasteiger partial charge in [-0.3, -0.25) is 0 Å². The minimum absolute atomic E-state index is 0.143. The normalized spacial score (nSPS) is 12.5. The maximum Gasteiger partial charge on any atom is 0.0450 e. The quantitative estimate of drug-likeness (QED) is 0.437. The van der Waals surface area contributed by atoms with Gasteiger partial charge >= 0.3 is 0 Å². The van der Waals surface area contributed by atoms with E-state index >= 15 is 0 Å². The molecule has 0 aromatic heterocycles. The van der Waals surface area contributed by atoms with E-state index in [4.69, 9.17) is 23.2 Å². The molecule has 0 aliphatic heterocycles. The third kappa shape index (κ3) is 3.42. The lowest BCUT2D eigenvalue weighted by Crippen LogP contribution is -1.96. The molecular formula is C18H13BrCl2. The molecule has 21 heavy (non-hydrogen) atoms. The van der Waals surface area contributed by atoms with Crippen molar-refractivity contribution >= 4 is 49.9 Å². The highest BCUT2D eigenvalue weighted by molar-refractivity contribution is 9.09. The molecule has 0 spiro atoms. The summed E-state index contributed by atoms with van der Waals surface area (Å²) in [7, 11) is 0. The second kappa shape index (κ2) is 6.39. The number of hydrogen-bond donors (Lipinski definition) is 0. The minimum Gasteiger partial charge on any atom is -0.0843 e. The van der Waals surface area contributed by atoms with Crippen molar-refractivity contribution in [3.63, 3.8) is 0 Å². The summed E-state index contributed by atoms with van der Waals surface area (Å²) in [5.74, 6) is 0. The molecule has 0 aliphatic carbocycles. The predicted octanol–water partition coefficient (Wildman–Crippen LogP) is 6.83. The predicted molar refractivity (Wildman–Crippen MR) is 95.8 cm³/mol. The highest BCUT2D eigenvalue weighted by atomic mass is 79.9. The van der Waals surface area contributed by atoms with Crippen LogP contribution in [0.25, 0.3) is 10.8 Å². The van der Waals surface area contributed by atoms with Gasteiger partial charge < -0.3 is 0 Å². The fourth-order valence-electron chi connectivity index (χ4n) is 2.44. The molecule has 1 atom stereocenters. The van der Waals surface area contributed by atoms with Crippen LogP contribution in [0.15, 0.2) is 60.7 Å². The molecule has 106 valence electrons. The summed E-state index contributed by atoms with van der Waals surface area (Å²) in [6.07, 6.45) is 0.866. The molecule has 3 aromatic rings. The van der Waals surface area contributed by atoms with Crippen molar-refractivity contribution in [3.8, 4) is 0 Å². The van der Waals surface area contributed by atoms with Gasteiger partial charge in [0.15, 0.2) is 0 Å². The first-order valence-corrected chi connectivity index (χ1v) is 8.37. The van der Waals surface area contributed by atoms with Crippen LogP contribution in [0.4, 0.5) is 0 Å². The Kier molecular flexibility index (Phi) is 4.54. The van der Waals surface area contributed by atoms with Crippen LogP contribution in [0.3, 0.4) is 0 Å². The molecule has 3 heteroatoms. The third-order valence-electron chi connectivity index (χ3n) is 3.52. The molecule has 0 saturated heterocycles. The summed E-state index contributed by atoms with van der Waals surface area (Å²) in [6.45, 7) is 0. The first kappa shape index (κ1) is 14.9. The van der Waals surface area contributed by atoms with Gasteiger partial charge in [-0.05, 0) is 46.5 Å². The Labute approximate surface area is 142 Å². The highest BCUT2D eigenvalue weighted by Gasteiger charge is 2.13. The zero-order valence-electron chi connectivity index (χ0n) is 11.2. The number of alkyl halides is 1. The van der Waals surface area contributed by atoms with Gasteiger partial charge in [-0.1, -0.05) is 81.6 Å². The highest BCUT2D eigenvalue weighted by Crippen LogP contribution is 2.34. The van der Waals surface area contributed by atoms with Crippen molar-refractivity contribution in [1.29, 1.82) is 0 Å². The monoisotopic (exact) mass is 378 g/mol. The Balaban J connectivity index is 1.88. The van der Waals surface area contributed by atoms with Crippen LogP contribution < -0.4 is 0 Å². The summed E-state index contributed by atoms with van der Waals surface area (Å²) in [4.78, 5) is 0.143. The Hall–Kier alpha value is -1.02. The summed E-state index contributed by atoms with van der Waals surface area (Å²) >= 11 is 16.1. The van der Waals surface area contributed by atoms with E-state index in [0.29, 0.717) is 5.02 Å². The first-order chi connectivity index (χ1) is 10.1. The van der Waals surface area contributed by atoms with Crippen LogP contribution in [0.5, 0.6) is 0 Å². The van der Waals surface area contributed by atoms with Crippen molar-refractivity contribution in [2.75, 3.05) is 0 Å². The van der Waals surface area contributed by atoms with Crippen molar-refractivity contribution < 1.29 is 0 Å². The van der Waals surface area contributed by atoms with Crippen molar-refractivity contribution in [1.82, 2.24) is 0 Å². The molecule has 0 heterocycles. The topological polar surface area (TPSA) is 0 Å². The largest absolute Gasteiger partial charge is 0.0843 e. The molecule has 1 unspecified atom stereocenters. The summed E-state index contributed by atoms with van der Waals surface area (Å²) in [5.41, 5.74) is 2.30. The molecule has 3 aromatic carbocycles. The summed E-state index contributed by atoms with van der Waals surface area (Å²) in [6, 6.07) is 20.5. The van der Waals surface area contributed by atoms with Crippen LogP contribution in [-0.4, -0.2) is 0 Å². The number of fused-ring (bicyclic) bond motifs is 1. The molecule has 0 fully saturated rings. The number of halogens is 3. The third-order valence-corrected chi connectivity index (χ3v) is 4.92. The summed E-state index contributed by atoms with van der Waals surface area (Å²) < 4.78 is 0. The van der Waals surface area contributed by atoms with Crippen molar-refractivity contribution in [2.45, 2.75) is 11.2 Å². The van der Waals surface area contributed by atoms with Gasteiger partial charge in [-0.15, -0.1) is 0 Å². The van der Waals surface area contributed by atoms with Crippen LogP contribution in [0, 0.1) is 0 Å². The second-order valence-electron chi connectivity index (χ2n) is 5.02. The lowest BCUT2D eigenvalue weighted by molar-refractivity contribution is 0.951. The molecule has 0 bridgehead atoms. The summed E-state index contributed by atoms with van der Waals surface area (Å²) in [5, 5.41) is 3.96. The first-order valence-electron chi connectivity index (χ1n) is 6.70. The Bertz CT molecular complexity index is 783. The Morgan fingerprint density at radius 2 is 1.62 bits per heavy atom. The minimum atomic E-state index is 0.143. The SMILES string of the molecule is Clc1ccc(Cl)c(C(Br)Cc2ccc3ccccc3c2)c1. The van der Waals surface area contributed by atoms with Gasteiger partial charge in [0.2, 0.25) is 0 Å². The molecule has 0 saturated carbocycles. The zero-order valence-corrected chi connectivity index (χ0v) is 14.3. The van der Waals surface area contributed by atoms with Gasteiger partial charge in [-0.2, -0.15) is 0 Å². The molecule has 0 N–H and O–H groups in total. The zero-order chi connectivity index (χ0) is 14.8. The van der Waals surface area contributed by atoms with E-state index in [1.807, 2.05) is 18.2 Å². The van der Waals surface area contributed by atoms with Crippen LogP contribution in [-0.2, 0) is 6.42 Å². The lowest BCUT2D eigenvalue weighted by Gasteiger charge is -2.13. The fraction of sp³-hybridized carbons (Fsp3) is 0.111. The number of hydrogen-bond acceptors (Lipinski definition) is 0. The average molecular weight is 380 g/mol. The van der Waals surface area contributed by atoms with Gasteiger partial charge in [-0.25, -0.2) is 0 Å². The van der Waals surface area contributed by atoms with E-state index in [-0.39, 0.29) is 4.83 Å². The second-order valence-corrected chi connectivity index (χ2v) is 6.97. The van der Waals surface area contributed by atoms with Gasteiger partial charge in [0.25, 0.3) is 0 Å². The van der Waals surface area contributed by atoms with E-state index in [0.717, 1.165) is 17.0 Å². The number of rotatable bonds is 3. The van der Waals surface area contributed by atoms with Gasteiger partial charge in [0.1, 0.15) is 0 Å². The van der Waals surface area contributed by atoms with E-state index in [9.17, 15) is 0 Å².